The second kappa shape index (κ2) is 9.66. The number of benzene rings is 1. The molecule has 7 nitrogen and oxygen atoms in total. The quantitative estimate of drug-likeness (QED) is 0.178. The number of hydrogen-bond acceptors (Lipinski definition) is 6. The zero-order chi connectivity index (χ0) is 26.0. The van der Waals surface area contributed by atoms with E-state index in [1.54, 1.807) is 0 Å². The van der Waals surface area contributed by atoms with Gasteiger partial charge in [0.25, 0.3) is 10.1 Å². The molecule has 0 saturated heterocycles. The van der Waals surface area contributed by atoms with E-state index in [9.17, 15) is 31.2 Å². The van der Waals surface area contributed by atoms with E-state index in [1.165, 1.54) is 0 Å². The van der Waals surface area contributed by atoms with Gasteiger partial charge < -0.3 is 9.47 Å². The van der Waals surface area contributed by atoms with Crippen molar-refractivity contribution in [3.8, 4) is 5.75 Å². The maximum absolute atomic E-state index is 13.5. The summed E-state index contributed by atoms with van der Waals surface area (Å²) in [5.74, 6) is -3.16. The lowest BCUT2D eigenvalue weighted by Gasteiger charge is -2.59. The van der Waals surface area contributed by atoms with Gasteiger partial charge in [-0.1, -0.05) is 0 Å². The zero-order valence-electron chi connectivity index (χ0n) is 17.9. The normalized spacial score (nSPS) is 30.7. The molecule has 5 rings (SSSR count). The van der Waals surface area contributed by atoms with Crippen molar-refractivity contribution in [1.82, 2.24) is 0 Å². The molecule has 4 bridgehead atoms. The Morgan fingerprint density at radius 3 is 1.97 bits per heavy atom. The van der Waals surface area contributed by atoms with Crippen LogP contribution in [0.25, 0.3) is 0 Å². The van der Waals surface area contributed by atoms with Crippen LogP contribution in [0, 0.1) is 33.4 Å². The first-order valence-corrected chi connectivity index (χ1v) is 15.5. The number of hydrogen-bond donors (Lipinski definition) is 1. The molecule has 3 unspecified atom stereocenters. The van der Waals surface area contributed by atoms with E-state index in [0.29, 0.717) is 18.6 Å². The van der Waals surface area contributed by atoms with Crippen LogP contribution in [0.15, 0.2) is 12.1 Å². The van der Waals surface area contributed by atoms with E-state index >= 15 is 0 Å². The van der Waals surface area contributed by atoms with Gasteiger partial charge in [-0.15, -0.1) is 0 Å². The van der Waals surface area contributed by atoms with Crippen molar-refractivity contribution < 1.29 is 45.2 Å². The molecular weight excluding hydrogens is 834 g/mol. The van der Waals surface area contributed by atoms with Gasteiger partial charge >= 0.3 is 18.1 Å². The van der Waals surface area contributed by atoms with Gasteiger partial charge in [0.15, 0.2) is 5.75 Å². The van der Waals surface area contributed by atoms with E-state index in [0.717, 1.165) is 17.1 Å². The van der Waals surface area contributed by atoms with Crippen LogP contribution in [-0.4, -0.2) is 42.9 Å². The highest BCUT2D eigenvalue weighted by Gasteiger charge is 2.65. The van der Waals surface area contributed by atoms with Crippen molar-refractivity contribution >= 4 is 89.8 Å². The Morgan fingerprint density at radius 1 is 1.03 bits per heavy atom. The first kappa shape index (κ1) is 28.1. The van der Waals surface area contributed by atoms with Gasteiger partial charge in [0.05, 0.1) is 18.0 Å². The first-order chi connectivity index (χ1) is 16.0. The average Bonchev–Trinajstić information content (AvgIpc) is 2.67. The Kier molecular flexibility index (Phi) is 7.75. The lowest BCUT2D eigenvalue weighted by molar-refractivity contribution is -0.230. The molecule has 0 aliphatic heterocycles. The van der Waals surface area contributed by atoms with Crippen molar-refractivity contribution in [2.45, 2.75) is 50.8 Å². The van der Waals surface area contributed by atoms with Gasteiger partial charge in [-0.05, 0) is 130 Å². The van der Waals surface area contributed by atoms with Crippen LogP contribution in [0.3, 0.4) is 0 Å². The maximum atomic E-state index is 13.5. The summed E-state index contributed by atoms with van der Waals surface area (Å²) >= 11 is 6.29. The summed E-state index contributed by atoms with van der Waals surface area (Å²) in [5.41, 5.74) is -2.37. The standard InChI is InChI=1S/C21H20F3I3O7S/c22-21(23,24)15(8-35(30,31)32)33-17(28)19-4-10-1-11(5-19)7-20(6-10,9-19)18(29)34-16-13(26)2-12(25)3-14(16)27/h2-3,10-11,15H,1,4-9H2,(H,30,31,32). The van der Waals surface area contributed by atoms with Gasteiger partial charge in [0, 0.05) is 3.57 Å². The highest BCUT2D eigenvalue weighted by molar-refractivity contribution is 14.1. The van der Waals surface area contributed by atoms with Crippen molar-refractivity contribution in [2.75, 3.05) is 5.75 Å². The van der Waals surface area contributed by atoms with Crippen LogP contribution in [-0.2, 0) is 24.4 Å². The van der Waals surface area contributed by atoms with Gasteiger partial charge in [-0.3, -0.25) is 14.1 Å². The van der Waals surface area contributed by atoms with Crippen LogP contribution < -0.4 is 4.74 Å². The van der Waals surface area contributed by atoms with Crippen molar-refractivity contribution in [1.29, 1.82) is 0 Å². The summed E-state index contributed by atoms with van der Waals surface area (Å²) < 4.78 is 84.4. The Hall–Kier alpha value is 0.0500. The predicted octanol–water partition coefficient (Wildman–Crippen LogP) is 5.35. The Labute approximate surface area is 240 Å². The largest absolute Gasteiger partial charge is 0.451 e. The van der Waals surface area contributed by atoms with Gasteiger partial charge in [0.1, 0.15) is 5.75 Å². The number of esters is 2. The maximum Gasteiger partial charge on any atom is 0.426 e. The van der Waals surface area contributed by atoms with Crippen molar-refractivity contribution in [2.24, 2.45) is 22.7 Å². The number of carbonyl (C=O) groups is 2. The van der Waals surface area contributed by atoms with Gasteiger partial charge in [-0.2, -0.15) is 21.6 Å². The molecule has 4 saturated carbocycles. The number of carbonyl (C=O) groups excluding carboxylic acids is 2. The smallest absolute Gasteiger partial charge is 0.426 e. The summed E-state index contributed by atoms with van der Waals surface area (Å²) in [6, 6.07) is 3.72. The molecule has 1 N–H and O–H groups in total. The minimum absolute atomic E-state index is 0.0152. The van der Waals surface area contributed by atoms with Crippen LogP contribution in [0.2, 0.25) is 0 Å². The summed E-state index contributed by atoms with van der Waals surface area (Å²) in [6.07, 6.45) is -5.93. The lowest BCUT2D eigenvalue weighted by atomic mass is 9.44. The Bertz CT molecular complexity index is 1130. The fourth-order valence-corrected chi connectivity index (χ4v) is 10.7. The molecule has 0 amide bonds. The summed E-state index contributed by atoms with van der Waals surface area (Å²) in [7, 11) is -5.05. The van der Waals surface area contributed by atoms with Gasteiger partial charge in [-0.25, -0.2) is 0 Å². The molecule has 4 fully saturated rings. The molecule has 3 atom stereocenters. The van der Waals surface area contributed by atoms with Gasteiger partial charge in [0.2, 0.25) is 6.10 Å². The first-order valence-electron chi connectivity index (χ1n) is 10.6. The highest BCUT2D eigenvalue weighted by atomic mass is 127. The van der Waals surface area contributed by atoms with Crippen molar-refractivity contribution in [3.63, 3.8) is 0 Å². The predicted molar refractivity (Wildman–Crippen MR) is 142 cm³/mol. The molecule has 1 aromatic rings. The average molecular weight is 854 g/mol. The SMILES string of the molecule is O=C(Oc1c(I)cc(I)cc1I)C12CC3CC(C1)CC(C(=O)OC(CS(=O)(=O)O)C(F)(F)F)(C3)C2. The fraction of sp³-hybridized carbons (Fsp3) is 0.619. The zero-order valence-corrected chi connectivity index (χ0v) is 25.2. The molecular formula is C21H20F3I3O7S. The number of alkyl halides is 3. The lowest BCUT2D eigenvalue weighted by Crippen LogP contribution is -2.59. The molecule has 0 radical (unpaired) electrons. The molecule has 35 heavy (non-hydrogen) atoms. The molecule has 1 aromatic carbocycles. The summed E-state index contributed by atoms with van der Waals surface area (Å²) in [6.45, 7) is 0. The fourth-order valence-electron chi connectivity index (χ4n) is 6.21. The monoisotopic (exact) mass is 854 g/mol. The molecule has 0 heterocycles. The second-order valence-corrected chi connectivity index (χ2v) is 14.9. The van der Waals surface area contributed by atoms with E-state index < -0.39 is 50.9 Å². The van der Waals surface area contributed by atoms with Crippen molar-refractivity contribution in [3.05, 3.63) is 22.8 Å². The minimum Gasteiger partial charge on any atom is -0.451 e. The van der Waals surface area contributed by atoms with Crippen LogP contribution in [0.4, 0.5) is 13.2 Å². The van der Waals surface area contributed by atoms with E-state index in [1.807, 2.05) is 12.1 Å². The summed E-state index contributed by atoms with van der Waals surface area (Å²) in [5, 5.41) is 0. The molecule has 194 valence electrons. The number of rotatable bonds is 6. The van der Waals surface area contributed by atoms with Crippen LogP contribution in [0.5, 0.6) is 5.75 Å². The number of halogens is 6. The third kappa shape index (κ3) is 5.89. The molecule has 14 heteroatoms. The van der Waals surface area contributed by atoms with E-state index in [4.69, 9.17) is 14.0 Å². The van der Waals surface area contributed by atoms with Crippen LogP contribution in [0.1, 0.15) is 38.5 Å². The molecule has 4 aliphatic rings. The molecule has 0 spiro atoms. The highest BCUT2D eigenvalue weighted by Crippen LogP contribution is 2.66. The Morgan fingerprint density at radius 2 is 1.51 bits per heavy atom. The van der Waals surface area contributed by atoms with Crippen LogP contribution >= 0.6 is 67.8 Å². The Balaban J connectivity index is 1.60. The third-order valence-corrected chi connectivity index (χ3v) is 10.0. The molecule has 0 aromatic heterocycles. The summed E-state index contributed by atoms with van der Waals surface area (Å²) in [4.78, 5) is 26.7. The second-order valence-electron chi connectivity index (χ2n) is 9.79. The minimum atomic E-state index is -5.18. The van der Waals surface area contributed by atoms with E-state index in [-0.39, 0.29) is 31.1 Å². The number of ether oxygens (including phenoxy) is 2. The molecule has 4 aliphatic carbocycles. The topological polar surface area (TPSA) is 107 Å². The third-order valence-electron chi connectivity index (χ3n) is 7.06. The van der Waals surface area contributed by atoms with E-state index in [2.05, 4.69) is 67.8 Å².